The van der Waals surface area contributed by atoms with E-state index in [4.69, 9.17) is 0 Å². The van der Waals surface area contributed by atoms with Crippen LogP contribution in [0.15, 0.2) is 60.2 Å². The summed E-state index contributed by atoms with van der Waals surface area (Å²) >= 11 is 0. The second-order valence-corrected chi connectivity index (χ2v) is 6.37. The van der Waals surface area contributed by atoms with Crippen LogP contribution in [0.1, 0.15) is 16.8 Å². The van der Waals surface area contributed by atoms with Gasteiger partial charge in [-0.3, -0.25) is 14.5 Å². The van der Waals surface area contributed by atoms with Crippen LogP contribution in [0.2, 0.25) is 0 Å². The molecule has 0 aliphatic carbocycles. The second-order valence-electron chi connectivity index (χ2n) is 6.37. The van der Waals surface area contributed by atoms with Gasteiger partial charge >= 0.3 is 0 Å². The molecule has 0 fully saturated rings. The van der Waals surface area contributed by atoms with Gasteiger partial charge in [-0.1, -0.05) is 30.3 Å². The fourth-order valence-electron chi connectivity index (χ4n) is 3.28. The highest BCUT2D eigenvalue weighted by molar-refractivity contribution is 6.20. The van der Waals surface area contributed by atoms with E-state index in [1.54, 1.807) is 11.0 Å². The average Bonchev–Trinajstić information content (AvgIpc) is 2.76. The maximum absolute atomic E-state index is 13.3. The van der Waals surface area contributed by atoms with E-state index in [2.05, 4.69) is 10.2 Å². The number of amides is 2. The minimum Gasteiger partial charge on any atom is -0.412 e. The molecule has 0 radical (unpaired) electrons. The summed E-state index contributed by atoms with van der Waals surface area (Å²) in [4.78, 5) is 29.8. The van der Waals surface area contributed by atoms with Crippen molar-refractivity contribution in [2.24, 2.45) is 0 Å². The molecule has 2 aromatic rings. The van der Waals surface area contributed by atoms with Crippen molar-refractivity contribution >= 4 is 28.9 Å². The molecule has 0 unspecified atom stereocenters. The van der Waals surface area contributed by atoms with E-state index in [9.17, 15) is 9.59 Å². The molecule has 0 bridgehead atoms. The summed E-state index contributed by atoms with van der Waals surface area (Å²) < 4.78 is 0. The lowest BCUT2D eigenvalue weighted by molar-refractivity contribution is -0.114. The van der Waals surface area contributed by atoms with Crippen LogP contribution in [-0.4, -0.2) is 42.3 Å². The zero-order valence-electron chi connectivity index (χ0n) is 14.5. The minimum atomic E-state index is -0.198. The third kappa shape index (κ3) is 3.00. The van der Waals surface area contributed by atoms with Gasteiger partial charge in [0.1, 0.15) is 0 Å². The predicted octanol–water partition coefficient (Wildman–Crippen LogP) is 2.35. The van der Waals surface area contributed by atoms with Crippen molar-refractivity contribution in [3.63, 3.8) is 0 Å². The summed E-state index contributed by atoms with van der Waals surface area (Å²) in [6, 6.07) is 14.7. The number of anilines is 3. The monoisotopic (exact) mass is 351 g/mol. The van der Waals surface area contributed by atoms with E-state index in [1.165, 1.54) is 0 Å². The van der Waals surface area contributed by atoms with Crippen molar-refractivity contribution in [2.45, 2.75) is 6.42 Å². The Morgan fingerprint density at radius 2 is 1.73 bits per heavy atom. The molecule has 2 aliphatic rings. The van der Waals surface area contributed by atoms with Crippen LogP contribution in [0.25, 0.3) is 0 Å². The third-order valence-electron chi connectivity index (χ3n) is 4.67. The molecule has 3 N–H and O–H groups in total. The Balaban J connectivity index is 0.00000196. The smallest absolute Gasteiger partial charge is 0.258 e. The van der Waals surface area contributed by atoms with Crippen molar-refractivity contribution in [2.75, 3.05) is 30.4 Å². The molecule has 6 nitrogen and oxygen atoms in total. The van der Waals surface area contributed by atoms with Gasteiger partial charge in [-0.2, -0.15) is 0 Å². The molecule has 6 heteroatoms. The maximum Gasteiger partial charge on any atom is 0.258 e. The number of likely N-dealkylation sites (N-methyl/N-ethyl adjacent to an activating group) is 1. The zero-order valence-corrected chi connectivity index (χ0v) is 14.5. The summed E-state index contributed by atoms with van der Waals surface area (Å²) in [6.07, 6.45) is 2.69. The topological polar surface area (TPSA) is 84.2 Å². The number of nitrogens with one attached hydrogen (secondary N) is 1. The van der Waals surface area contributed by atoms with E-state index in [-0.39, 0.29) is 17.3 Å². The van der Waals surface area contributed by atoms with Crippen LogP contribution >= 0.6 is 0 Å². The number of carbonyl (C=O) groups is 2. The highest BCUT2D eigenvalue weighted by Crippen LogP contribution is 2.38. The van der Waals surface area contributed by atoms with Gasteiger partial charge in [-0.05, 0) is 37.7 Å². The first-order valence-corrected chi connectivity index (χ1v) is 8.36. The number of hydrogen-bond donors (Lipinski definition) is 1. The van der Waals surface area contributed by atoms with E-state index < -0.39 is 0 Å². The van der Waals surface area contributed by atoms with Crippen molar-refractivity contribution in [1.82, 2.24) is 4.90 Å². The summed E-state index contributed by atoms with van der Waals surface area (Å²) in [7, 11) is 2.04. The summed E-state index contributed by atoms with van der Waals surface area (Å²) in [6.45, 7) is 1.61. The Labute approximate surface area is 152 Å². The SMILES string of the molecule is CN1CC=C(C(=O)N2c3ccccc3NC(=O)c3ccccc32)CC1.O. The maximum atomic E-state index is 13.3. The van der Waals surface area contributed by atoms with Gasteiger partial charge in [0.2, 0.25) is 0 Å². The van der Waals surface area contributed by atoms with Gasteiger partial charge in [0.25, 0.3) is 11.8 Å². The largest absolute Gasteiger partial charge is 0.412 e. The Bertz CT molecular complexity index is 891. The number of carbonyl (C=O) groups excluding carboxylic acids is 2. The summed E-state index contributed by atoms with van der Waals surface area (Å²) in [5, 5.41) is 2.91. The van der Waals surface area contributed by atoms with Gasteiger partial charge in [-0.15, -0.1) is 0 Å². The Hall–Kier alpha value is -2.96. The lowest BCUT2D eigenvalue weighted by atomic mass is 10.0. The lowest BCUT2D eigenvalue weighted by Crippen LogP contribution is -2.33. The molecular weight excluding hydrogens is 330 g/mol. The number of para-hydroxylation sites is 3. The zero-order chi connectivity index (χ0) is 17.4. The first-order chi connectivity index (χ1) is 12.1. The fourth-order valence-corrected chi connectivity index (χ4v) is 3.28. The Morgan fingerprint density at radius 1 is 1.04 bits per heavy atom. The number of hydrogen-bond acceptors (Lipinski definition) is 3. The predicted molar refractivity (Wildman–Crippen MR) is 102 cm³/mol. The molecule has 134 valence electrons. The van der Waals surface area contributed by atoms with Crippen LogP contribution in [0.5, 0.6) is 0 Å². The van der Waals surface area contributed by atoms with Crippen LogP contribution in [0.3, 0.4) is 0 Å². The van der Waals surface area contributed by atoms with Crippen molar-refractivity contribution < 1.29 is 15.1 Å². The molecule has 2 aliphatic heterocycles. The highest BCUT2D eigenvalue weighted by Gasteiger charge is 2.31. The Morgan fingerprint density at radius 3 is 2.46 bits per heavy atom. The van der Waals surface area contributed by atoms with Crippen LogP contribution < -0.4 is 10.2 Å². The van der Waals surface area contributed by atoms with Crippen molar-refractivity contribution in [1.29, 1.82) is 0 Å². The molecule has 2 aromatic carbocycles. The van der Waals surface area contributed by atoms with Crippen LogP contribution in [0, 0.1) is 0 Å². The minimum absolute atomic E-state index is 0. The molecule has 0 saturated carbocycles. The average molecular weight is 351 g/mol. The summed E-state index contributed by atoms with van der Waals surface area (Å²) in [5.41, 5.74) is 3.25. The lowest BCUT2D eigenvalue weighted by Gasteiger charge is -2.28. The second kappa shape index (κ2) is 7.11. The molecule has 4 rings (SSSR count). The molecule has 0 spiro atoms. The molecule has 26 heavy (non-hydrogen) atoms. The molecule has 2 amide bonds. The first kappa shape index (κ1) is 17.8. The van der Waals surface area contributed by atoms with Gasteiger partial charge in [0.15, 0.2) is 0 Å². The van der Waals surface area contributed by atoms with Gasteiger partial charge in [0, 0.05) is 18.7 Å². The first-order valence-electron chi connectivity index (χ1n) is 8.36. The highest BCUT2D eigenvalue weighted by atomic mass is 16.2. The van der Waals surface area contributed by atoms with E-state index in [0.29, 0.717) is 29.0 Å². The standard InChI is InChI=1S/C20H19N3O2.H2O/c1-22-12-10-14(11-13-22)20(25)23-17-8-4-2-6-15(17)19(24)21-16-7-3-5-9-18(16)23;/h2-10H,11-13H2,1H3,(H,21,24);1H2. The van der Waals surface area contributed by atoms with Gasteiger partial charge in [-0.25, -0.2) is 0 Å². The normalized spacial score (nSPS) is 16.4. The molecule has 0 saturated heterocycles. The Kier molecular flexibility index (Phi) is 4.88. The molecule has 2 heterocycles. The summed E-state index contributed by atoms with van der Waals surface area (Å²) in [5.74, 6) is -0.264. The molecule has 0 aromatic heterocycles. The fraction of sp³-hybridized carbons (Fsp3) is 0.200. The van der Waals surface area contributed by atoms with Gasteiger partial charge < -0.3 is 15.7 Å². The number of fused-ring (bicyclic) bond motifs is 2. The van der Waals surface area contributed by atoms with E-state index in [0.717, 1.165) is 18.7 Å². The van der Waals surface area contributed by atoms with E-state index >= 15 is 0 Å². The van der Waals surface area contributed by atoms with Crippen molar-refractivity contribution in [3.8, 4) is 0 Å². The van der Waals surface area contributed by atoms with Gasteiger partial charge in [0.05, 0.1) is 22.6 Å². The molecule has 0 atom stereocenters. The van der Waals surface area contributed by atoms with Crippen LogP contribution in [-0.2, 0) is 4.79 Å². The van der Waals surface area contributed by atoms with Crippen LogP contribution in [0.4, 0.5) is 17.1 Å². The van der Waals surface area contributed by atoms with E-state index in [1.807, 2.05) is 55.6 Å². The quantitative estimate of drug-likeness (QED) is 0.856. The van der Waals surface area contributed by atoms with Crippen molar-refractivity contribution in [3.05, 3.63) is 65.7 Å². The number of nitrogens with zero attached hydrogens (tertiary/aromatic N) is 2. The molecular formula is C20H21N3O3. The number of benzene rings is 2. The number of rotatable bonds is 1. The third-order valence-corrected chi connectivity index (χ3v) is 4.67.